The van der Waals surface area contributed by atoms with Crippen molar-refractivity contribution in [1.82, 2.24) is 19.5 Å². The van der Waals surface area contributed by atoms with Crippen LogP contribution in [0.4, 0.5) is 5.95 Å². The fraction of sp³-hybridized carbons (Fsp3) is 0.333. The molecule has 1 fully saturated rings. The van der Waals surface area contributed by atoms with Crippen LogP contribution in [-0.4, -0.2) is 85.3 Å². The van der Waals surface area contributed by atoms with E-state index in [2.05, 4.69) is 21.9 Å². The highest BCUT2D eigenvalue weighted by Crippen LogP contribution is 2.49. The maximum atomic E-state index is 12.9. The maximum Gasteiger partial charge on any atom is 0.303 e. The number of imidazole rings is 1. The fourth-order valence-corrected chi connectivity index (χ4v) is 7.84. The van der Waals surface area contributed by atoms with Crippen molar-refractivity contribution in [2.75, 3.05) is 18.5 Å². The van der Waals surface area contributed by atoms with Crippen LogP contribution in [0.5, 0.6) is 5.88 Å². The Kier molecular flexibility index (Phi) is 9.00. The van der Waals surface area contributed by atoms with Gasteiger partial charge in [0.2, 0.25) is 11.8 Å². The first-order valence-electron chi connectivity index (χ1n) is 17.5. The average molecular weight is 736 g/mol. The van der Waals surface area contributed by atoms with Gasteiger partial charge in [0.05, 0.1) is 25.1 Å². The second-order valence-corrected chi connectivity index (χ2v) is 13.4. The van der Waals surface area contributed by atoms with Crippen LogP contribution >= 0.6 is 0 Å². The Morgan fingerprint density at radius 2 is 1.67 bits per heavy atom. The van der Waals surface area contributed by atoms with Gasteiger partial charge < -0.3 is 39.2 Å². The highest BCUT2D eigenvalue weighted by Gasteiger charge is 2.50. The lowest BCUT2D eigenvalue weighted by atomic mass is 9.77. The molecule has 1 saturated heterocycles. The number of anilines is 1. The van der Waals surface area contributed by atoms with Crippen molar-refractivity contribution in [2.24, 2.45) is 0 Å². The number of hydrogen-bond acceptors (Lipinski definition) is 14. The molecule has 0 unspecified atom stereocenters. The number of carbonyl (C=O) groups excluding carboxylic acids is 3. The van der Waals surface area contributed by atoms with E-state index in [0.717, 1.165) is 32.3 Å². The number of ether oxygens (including phenoxy) is 5. The zero-order valence-electron chi connectivity index (χ0n) is 29.6. The first-order chi connectivity index (χ1) is 26.1. The van der Waals surface area contributed by atoms with E-state index in [1.807, 2.05) is 48.5 Å². The third kappa shape index (κ3) is 5.99. The van der Waals surface area contributed by atoms with Crippen LogP contribution in [0.15, 0.2) is 67.5 Å². The molecule has 7 atom stereocenters. The van der Waals surface area contributed by atoms with Crippen molar-refractivity contribution in [3.63, 3.8) is 0 Å². The second kappa shape index (κ2) is 13.8. The van der Waals surface area contributed by atoms with E-state index in [9.17, 15) is 24.6 Å². The normalized spacial score (nSPS) is 23.8. The molecule has 278 valence electrons. The molecule has 0 bridgehead atoms. The molecule has 0 spiro atoms. The molecule has 0 amide bonds. The Balaban J connectivity index is 1.37. The summed E-state index contributed by atoms with van der Waals surface area (Å²) < 4.78 is 31.3. The summed E-state index contributed by atoms with van der Waals surface area (Å²) in [6.45, 7) is 7.17. The first kappa shape index (κ1) is 35.1. The second-order valence-electron chi connectivity index (χ2n) is 13.4. The molecule has 1 aliphatic heterocycles. The molecule has 3 heterocycles. The maximum absolute atomic E-state index is 12.9. The van der Waals surface area contributed by atoms with E-state index in [1.54, 1.807) is 10.6 Å². The van der Waals surface area contributed by atoms with Gasteiger partial charge in [0.1, 0.15) is 18.9 Å². The van der Waals surface area contributed by atoms with Crippen molar-refractivity contribution >= 4 is 67.3 Å². The van der Waals surface area contributed by atoms with Gasteiger partial charge in [-0.25, -0.2) is 4.98 Å². The zero-order chi connectivity index (χ0) is 37.8. The molecule has 4 aromatic carbocycles. The highest BCUT2D eigenvalue weighted by atomic mass is 16.6. The summed E-state index contributed by atoms with van der Waals surface area (Å²) in [4.78, 5) is 52.3. The molecular formula is C39H37N5O10. The Labute approximate surface area is 307 Å². The molecule has 1 aliphatic carbocycles. The Hall–Kier alpha value is -5.90. The number of aliphatic hydroxyl groups excluding tert-OH is 2. The Morgan fingerprint density at radius 1 is 0.963 bits per heavy atom. The quantitative estimate of drug-likeness (QED) is 0.0767. The SMILES string of the molecule is C=CCOc1nc(N[C@H]2c3c(cc4ccc5cccc6ccc3c4c56)[C@@H](OC(C)=O)[C@H](OC(C)=O)[C@@H]2OC(C)=O)nc2c1ncn2[C@H]1C[C@H](O)[C@@H](CO)O1. The minimum absolute atomic E-state index is 0.0203. The smallest absolute Gasteiger partial charge is 0.303 e. The number of carbonyl (C=O) groups is 3. The number of benzene rings is 4. The topological polar surface area (TPSA) is 193 Å². The molecule has 2 aliphatic rings. The predicted octanol–water partition coefficient (Wildman–Crippen LogP) is 4.56. The summed E-state index contributed by atoms with van der Waals surface area (Å²) in [5, 5.41) is 29.3. The first-order valence-corrected chi connectivity index (χ1v) is 17.5. The van der Waals surface area contributed by atoms with Gasteiger partial charge in [0.25, 0.3) is 0 Å². The number of nitrogens with zero attached hydrogens (tertiary/aromatic N) is 4. The number of nitrogens with one attached hydrogen (secondary N) is 1. The number of aliphatic hydroxyl groups is 2. The molecule has 8 rings (SSSR count). The van der Waals surface area contributed by atoms with E-state index < -0.39 is 60.7 Å². The lowest BCUT2D eigenvalue weighted by Gasteiger charge is -2.43. The summed E-state index contributed by atoms with van der Waals surface area (Å²) in [6, 6.07) is 14.9. The number of fused-ring (bicyclic) bond motifs is 3. The molecule has 0 saturated carbocycles. The van der Waals surface area contributed by atoms with E-state index in [-0.39, 0.29) is 37.1 Å². The molecule has 0 radical (unpaired) electrons. The van der Waals surface area contributed by atoms with Gasteiger partial charge in [-0.3, -0.25) is 19.0 Å². The van der Waals surface area contributed by atoms with Crippen LogP contribution in [0.3, 0.4) is 0 Å². The Morgan fingerprint density at radius 3 is 2.35 bits per heavy atom. The minimum atomic E-state index is -1.29. The van der Waals surface area contributed by atoms with Crippen molar-refractivity contribution < 1.29 is 48.3 Å². The summed E-state index contributed by atoms with van der Waals surface area (Å²) in [7, 11) is 0. The van der Waals surface area contributed by atoms with Gasteiger partial charge in [-0.15, -0.1) is 0 Å². The van der Waals surface area contributed by atoms with E-state index in [4.69, 9.17) is 28.7 Å². The van der Waals surface area contributed by atoms with Crippen LogP contribution in [0.25, 0.3) is 43.5 Å². The van der Waals surface area contributed by atoms with Crippen molar-refractivity contribution in [3.05, 3.63) is 78.6 Å². The van der Waals surface area contributed by atoms with Gasteiger partial charge in [-0.2, -0.15) is 9.97 Å². The van der Waals surface area contributed by atoms with Gasteiger partial charge in [0, 0.05) is 32.8 Å². The zero-order valence-corrected chi connectivity index (χ0v) is 29.6. The minimum Gasteiger partial charge on any atom is -0.472 e. The standard InChI is InChI=1S/C39H37N5O10/c1-5-13-50-38-33-37(44(17-40-33)28-15-26(49)27(16-45)54-28)42-39(43-38)41-32-31-24-12-11-22-8-6-7-21-9-10-23(30(24)29(21)22)14-25(31)34(51-18(2)46)36(53-20(4)48)35(32)52-19(3)47/h5-12,14,17,26-28,32,34-36,45,49H,1,13,15-16H2,2-4H3,(H,41,42,43)/t26-,27+,28+,32-,34+,35+,36-/m0/s1. The van der Waals surface area contributed by atoms with E-state index >= 15 is 0 Å². The van der Waals surface area contributed by atoms with E-state index in [0.29, 0.717) is 16.6 Å². The summed E-state index contributed by atoms with van der Waals surface area (Å²) in [6.07, 6.45) is -2.95. The van der Waals surface area contributed by atoms with Crippen molar-refractivity contribution in [2.45, 2.75) is 70.0 Å². The van der Waals surface area contributed by atoms with Gasteiger partial charge in [-0.05, 0) is 43.9 Å². The highest BCUT2D eigenvalue weighted by molar-refractivity contribution is 6.24. The number of esters is 3. The van der Waals surface area contributed by atoms with Gasteiger partial charge in [-0.1, -0.05) is 55.1 Å². The average Bonchev–Trinajstić information content (AvgIpc) is 3.74. The summed E-state index contributed by atoms with van der Waals surface area (Å²) in [5.41, 5.74) is 1.72. The van der Waals surface area contributed by atoms with Crippen molar-refractivity contribution in [1.29, 1.82) is 0 Å². The van der Waals surface area contributed by atoms with Crippen LogP contribution in [0.2, 0.25) is 0 Å². The molecule has 15 nitrogen and oxygen atoms in total. The van der Waals surface area contributed by atoms with Crippen LogP contribution in [0.1, 0.15) is 56.7 Å². The van der Waals surface area contributed by atoms with E-state index in [1.165, 1.54) is 27.1 Å². The number of hydrogen-bond donors (Lipinski definition) is 3. The molecule has 3 N–H and O–H groups in total. The monoisotopic (exact) mass is 735 g/mol. The fourth-order valence-electron chi connectivity index (χ4n) is 7.84. The molecule has 6 aromatic rings. The van der Waals surface area contributed by atoms with Crippen LogP contribution < -0.4 is 10.1 Å². The third-order valence-electron chi connectivity index (χ3n) is 9.89. The number of rotatable bonds is 10. The largest absolute Gasteiger partial charge is 0.472 e. The summed E-state index contributed by atoms with van der Waals surface area (Å²) >= 11 is 0. The molecular weight excluding hydrogens is 698 g/mol. The van der Waals surface area contributed by atoms with Crippen LogP contribution in [0, 0.1) is 0 Å². The van der Waals surface area contributed by atoms with Gasteiger partial charge in [0.15, 0.2) is 29.5 Å². The molecule has 2 aromatic heterocycles. The Bertz CT molecular complexity index is 2430. The summed E-state index contributed by atoms with van der Waals surface area (Å²) in [5.74, 6) is -1.87. The lowest BCUT2D eigenvalue weighted by Crippen LogP contribution is -2.50. The van der Waals surface area contributed by atoms with Crippen LogP contribution in [-0.2, 0) is 33.3 Å². The lowest BCUT2D eigenvalue weighted by molar-refractivity contribution is -0.187. The number of aromatic nitrogens is 4. The predicted molar refractivity (Wildman–Crippen MR) is 195 cm³/mol. The van der Waals surface area contributed by atoms with Gasteiger partial charge >= 0.3 is 17.9 Å². The van der Waals surface area contributed by atoms with Crippen molar-refractivity contribution in [3.8, 4) is 5.88 Å². The molecule has 54 heavy (non-hydrogen) atoms. The molecule has 15 heteroatoms. The third-order valence-corrected chi connectivity index (χ3v) is 9.89.